The smallest absolute Gasteiger partial charge is 0.161 e. The van der Waals surface area contributed by atoms with Crippen LogP contribution in [0.2, 0.25) is 0 Å². The minimum atomic E-state index is -0.370. The van der Waals surface area contributed by atoms with Crippen molar-refractivity contribution >= 4 is 11.6 Å². The van der Waals surface area contributed by atoms with Crippen molar-refractivity contribution in [1.29, 1.82) is 0 Å². The Balaban J connectivity index is 1.66. The minimum Gasteiger partial charge on any atom is -0.295 e. The SMILES string of the molecule is CC1(C)CC[C@]2(C)CC[C@]3(C)C(C(=O)C=C4[C@@]5(C)C=CC(=O)C(C)(C)[C@@H]5CC[C@]43C)C2C1. The van der Waals surface area contributed by atoms with E-state index in [0.717, 1.165) is 19.3 Å². The van der Waals surface area contributed by atoms with Gasteiger partial charge in [-0.15, -0.1) is 0 Å². The zero-order valence-corrected chi connectivity index (χ0v) is 21.7. The third kappa shape index (κ3) is 2.59. The van der Waals surface area contributed by atoms with Gasteiger partial charge in [-0.05, 0) is 90.6 Å². The summed E-state index contributed by atoms with van der Waals surface area (Å²) in [6, 6.07) is 0. The van der Waals surface area contributed by atoms with E-state index in [9.17, 15) is 9.59 Å². The van der Waals surface area contributed by atoms with Gasteiger partial charge < -0.3 is 0 Å². The molecule has 5 aliphatic rings. The fourth-order valence-electron chi connectivity index (χ4n) is 9.60. The Morgan fingerprint density at radius 2 is 1.50 bits per heavy atom. The highest BCUT2D eigenvalue weighted by atomic mass is 16.1. The van der Waals surface area contributed by atoms with Crippen molar-refractivity contribution in [2.75, 3.05) is 0 Å². The first-order valence-electron chi connectivity index (χ1n) is 13.1. The standard InChI is InChI=1S/C30H44O2/c1-25(2)13-14-27(5)15-16-30(8)24(19(27)18-25)20(31)17-22-28(6)11-10-23(32)26(3,4)21(28)9-12-29(22,30)7/h10-11,17,19,21,24H,9,12-16,18H2,1-8H3/t19?,21-,24?,27+,28-,29+,30+/m0/s1. The van der Waals surface area contributed by atoms with Crippen LogP contribution in [0.1, 0.15) is 100 Å². The van der Waals surface area contributed by atoms with Crippen LogP contribution in [0.25, 0.3) is 0 Å². The summed E-state index contributed by atoms with van der Waals surface area (Å²) in [4.78, 5) is 26.9. The number of carbonyl (C=O) groups excluding carboxylic acids is 2. The quantitative estimate of drug-likeness (QED) is 0.398. The Hall–Kier alpha value is -1.18. The fourth-order valence-corrected chi connectivity index (χ4v) is 9.60. The van der Waals surface area contributed by atoms with Gasteiger partial charge in [-0.1, -0.05) is 67.0 Å². The number of carbonyl (C=O) groups is 2. The molecular weight excluding hydrogens is 392 g/mol. The van der Waals surface area contributed by atoms with Gasteiger partial charge in [0.05, 0.1) is 0 Å². The second-order valence-electron chi connectivity index (χ2n) is 14.6. The number of ketones is 2. The predicted octanol–water partition coefficient (Wildman–Crippen LogP) is 7.33. The lowest BCUT2D eigenvalue weighted by Gasteiger charge is -2.69. The van der Waals surface area contributed by atoms with Crippen molar-refractivity contribution in [3.05, 3.63) is 23.8 Å². The van der Waals surface area contributed by atoms with E-state index in [1.165, 1.54) is 31.3 Å². The summed E-state index contributed by atoms with van der Waals surface area (Å²) in [6.45, 7) is 18.8. The van der Waals surface area contributed by atoms with Gasteiger partial charge in [-0.2, -0.15) is 0 Å². The Labute approximate surface area is 195 Å². The van der Waals surface area contributed by atoms with Gasteiger partial charge in [0.2, 0.25) is 0 Å². The van der Waals surface area contributed by atoms with Gasteiger partial charge >= 0.3 is 0 Å². The van der Waals surface area contributed by atoms with Crippen molar-refractivity contribution in [3.8, 4) is 0 Å². The van der Waals surface area contributed by atoms with E-state index in [1.54, 1.807) is 0 Å². The molecule has 0 radical (unpaired) electrons. The van der Waals surface area contributed by atoms with E-state index in [2.05, 4.69) is 67.5 Å². The molecule has 0 N–H and O–H groups in total. The maximum Gasteiger partial charge on any atom is 0.161 e. The lowest BCUT2D eigenvalue weighted by atomic mass is 9.34. The molecule has 0 aromatic carbocycles. The van der Waals surface area contributed by atoms with Crippen molar-refractivity contribution in [2.24, 2.45) is 50.2 Å². The molecule has 0 heterocycles. The highest BCUT2D eigenvalue weighted by Crippen LogP contribution is 2.74. The molecular formula is C30H44O2. The minimum absolute atomic E-state index is 0.000811. The molecule has 2 nitrogen and oxygen atoms in total. The Bertz CT molecular complexity index is 950. The molecule has 0 aromatic heterocycles. The molecule has 0 aromatic rings. The van der Waals surface area contributed by atoms with Crippen LogP contribution >= 0.6 is 0 Å². The molecule has 5 aliphatic carbocycles. The van der Waals surface area contributed by atoms with E-state index in [1.807, 2.05) is 6.08 Å². The first kappa shape index (κ1) is 22.6. The molecule has 2 heteroatoms. The topological polar surface area (TPSA) is 34.1 Å². The lowest BCUT2D eigenvalue weighted by Crippen LogP contribution is -2.64. The van der Waals surface area contributed by atoms with Crippen LogP contribution in [0, 0.1) is 50.2 Å². The molecule has 2 unspecified atom stereocenters. The normalized spacial score (nSPS) is 51.1. The van der Waals surface area contributed by atoms with Crippen molar-refractivity contribution < 1.29 is 9.59 Å². The van der Waals surface area contributed by atoms with Crippen LogP contribution in [0.4, 0.5) is 0 Å². The van der Waals surface area contributed by atoms with E-state index in [4.69, 9.17) is 0 Å². The van der Waals surface area contributed by atoms with E-state index in [0.29, 0.717) is 22.5 Å². The highest BCUT2D eigenvalue weighted by molar-refractivity contribution is 5.98. The third-order valence-electron chi connectivity index (χ3n) is 12.1. The van der Waals surface area contributed by atoms with Crippen LogP contribution in [0.5, 0.6) is 0 Å². The molecule has 7 atom stereocenters. The van der Waals surface area contributed by atoms with Crippen LogP contribution in [-0.2, 0) is 9.59 Å². The summed E-state index contributed by atoms with van der Waals surface area (Å²) in [6.07, 6.45) is 14.4. The van der Waals surface area contributed by atoms with Gasteiger partial charge in [-0.3, -0.25) is 9.59 Å². The zero-order valence-electron chi connectivity index (χ0n) is 21.7. The highest BCUT2D eigenvalue weighted by Gasteiger charge is 2.68. The van der Waals surface area contributed by atoms with Crippen molar-refractivity contribution in [2.45, 2.75) is 100 Å². The van der Waals surface area contributed by atoms with Gasteiger partial charge in [0.15, 0.2) is 11.6 Å². The zero-order chi connectivity index (χ0) is 23.5. The molecule has 176 valence electrons. The van der Waals surface area contributed by atoms with Crippen molar-refractivity contribution in [3.63, 3.8) is 0 Å². The van der Waals surface area contributed by atoms with Crippen LogP contribution in [-0.4, -0.2) is 11.6 Å². The summed E-state index contributed by atoms with van der Waals surface area (Å²) in [5.74, 6) is 1.52. The predicted molar refractivity (Wildman–Crippen MR) is 130 cm³/mol. The van der Waals surface area contributed by atoms with E-state index in [-0.39, 0.29) is 39.3 Å². The molecule has 32 heavy (non-hydrogen) atoms. The molecule has 3 saturated carbocycles. The first-order valence-corrected chi connectivity index (χ1v) is 13.1. The van der Waals surface area contributed by atoms with Crippen LogP contribution < -0.4 is 0 Å². The van der Waals surface area contributed by atoms with Gasteiger partial charge in [0, 0.05) is 16.7 Å². The molecule has 3 fully saturated rings. The Morgan fingerprint density at radius 1 is 0.844 bits per heavy atom. The maximum atomic E-state index is 14.1. The molecule has 0 bridgehead atoms. The van der Waals surface area contributed by atoms with Gasteiger partial charge in [-0.25, -0.2) is 0 Å². The monoisotopic (exact) mass is 436 g/mol. The number of hydrogen-bond acceptors (Lipinski definition) is 2. The summed E-state index contributed by atoms with van der Waals surface area (Å²) in [7, 11) is 0. The first-order chi connectivity index (χ1) is 14.6. The Kier molecular flexibility index (Phi) is 4.43. The molecule has 5 rings (SSSR count). The number of rotatable bonds is 0. The molecule has 0 spiro atoms. The molecule has 0 saturated heterocycles. The average molecular weight is 437 g/mol. The van der Waals surface area contributed by atoms with E-state index >= 15 is 0 Å². The fraction of sp³-hybridized carbons (Fsp3) is 0.800. The largest absolute Gasteiger partial charge is 0.295 e. The third-order valence-corrected chi connectivity index (χ3v) is 12.1. The number of allylic oxidation sites excluding steroid dienone is 4. The summed E-state index contributed by atoms with van der Waals surface area (Å²) < 4.78 is 0. The van der Waals surface area contributed by atoms with Gasteiger partial charge in [0.1, 0.15) is 0 Å². The molecule has 0 aliphatic heterocycles. The van der Waals surface area contributed by atoms with Crippen molar-refractivity contribution in [1.82, 2.24) is 0 Å². The van der Waals surface area contributed by atoms with Crippen LogP contribution in [0.15, 0.2) is 23.8 Å². The number of fused-ring (bicyclic) bond motifs is 7. The van der Waals surface area contributed by atoms with Crippen LogP contribution in [0.3, 0.4) is 0 Å². The maximum absolute atomic E-state index is 14.1. The second kappa shape index (κ2) is 6.28. The average Bonchev–Trinajstić information content (AvgIpc) is 2.68. The summed E-state index contributed by atoms with van der Waals surface area (Å²) in [5.41, 5.74) is 1.40. The second-order valence-corrected chi connectivity index (χ2v) is 14.6. The lowest BCUT2D eigenvalue weighted by molar-refractivity contribution is -0.168. The Morgan fingerprint density at radius 3 is 2.19 bits per heavy atom. The summed E-state index contributed by atoms with van der Waals surface area (Å²) in [5, 5.41) is 0. The van der Waals surface area contributed by atoms with E-state index < -0.39 is 0 Å². The van der Waals surface area contributed by atoms with Gasteiger partial charge in [0.25, 0.3) is 0 Å². The summed E-state index contributed by atoms with van der Waals surface area (Å²) >= 11 is 0. The number of hydrogen-bond donors (Lipinski definition) is 0. The molecule has 0 amide bonds.